The number of carbonyl (C=O) groups is 1. The summed E-state index contributed by atoms with van der Waals surface area (Å²) < 4.78 is 0. The molecule has 4 atom stereocenters. The van der Waals surface area contributed by atoms with Crippen LogP contribution in [0.3, 0.4) is 0 Å². The molecule has 0 bridgehead atoms. The van der Waals surface area contributed by atoms with Crippen molar-refractivity contribution in [2.24, 2.45) is 23.3 Å². The maximum absolute atomic E-state index is 11.4. The first kappa shape index (κ1) is 12.8. The quantitative estimate of drug-likeness (QED) is 0.745. The summed E-state index contributed by atoms with van der Waals surface area (Å²) in [5.41, 5.74) is 10.8. The van der Waals surface area contributed by atoms with E-state index in [2.05, 4.69) is 18.7 Å². The molecule has 1 saturated carbocycles. The molecule has 2 aliphatic rings. The van der Waals surface area contributed by atoms with Crippen LogP contribution >= 0.6 is 0 Å². The number of rotatable bonds is 2. The molecule has 0 aromatic heterocycles. The highest BCUT2D eigenvalue weighted by Crippen LogP contribution is 2.33. The normalized spacial score (nSPS) is 43.8. The van der Waals surface area contributed by atoms with Crippen molar-refractivity contribution < 1.29 is 4.79 Å². The summed E-state index contributed by atoms with van der Waals surface area (Å²) in [5, 5.41) is 0. The van der Waals surface area contributed by atoms with E-state index in [1.807, 2.05) is 0 Å². The third-order valence-electron chi connectivity index (χ3n) is 4.78. The minimum atomic E-state index is -0.766. The third kappa shape index (κ3) is 2.47. The molecule has 1 saturated heterocycles. The van der Waals surface area contributed by atoms with Gasteiger partial charge in [-0.15, -0.1) is 0 Å². The van der Waals surface area contributed by atoms with Crippen LogP contribution in [-0.4, -0.2) is 35.5 Å². The van der Waals surface area contributed by atoms with Gasteiger partial charge in [-0.25, -0.2) is 0 Å². The Bertz CT molecular complexity index is 297. The lowest BCUT2D eigenvalue weighted by molar-refractivity contribution is -0.125. The van der Waals surface area contributed by atoms with Crippen LogP contribution in [0.15, 0.2) is 0 Å². The van der Waals surface area contributed by atoms with Gasteiger partial charge in [0.1, 0.15) is 0 Å². The predicted octanol–water partition coefficient (Wildman–Crippen LogP) is 0.700. The first-order valence-corrected chi connectivity index (χ1v) is 6.75. The number of nitrogens with two attached hydrogens (primary N) is 2. The molecule has 17 heavy (non-hydrogen) atoms. The SMILES string of the molecule is CC1CN(C2CCCC(N)(C(N)=O)C2)CC1C. The molecule has 1 heterocycles. The molecule has 0 radical (unpaired) electrons. The molecule has 2 fully saturated rings. The molecule has 4 nitrogen and oxygen atoms in total. The number of hydrogen-bond donors (Lipinski definition) is 2. The summed E-state index contributed by atoms with van der Waals surface area (Å²) in [7, 11) is 0. The van der Waals surface area contributed by atoms with E-state index in [-0.39, 0.29) is 5.91 Å². The fraction of sp³-hybridized carbons (Fsp3) is 0.923. The van der Waals surface area contributed by atoms with Gasteiger partial charge in [-0.05, 0) is 37.5 Å². The van der Waals surface area contributed by atoms with E-state index < -0.39 is 5.54 Å². The Morgan fingerprint density at radius 2 is 1.88 bits per heavy atom. The van der Waals surface area contributed by atoms with Gasteiger partial charge in [-0.2, -0.15) is 0 Å². The van der Waals surface area contributed by atoms with Crippen molar-refractivity contribution in [2.75, 3.05) is 13.1 Å². The van der Waals surface area contributed by atoms with Crippen molar-refractivity contribution in [3.05, 3.63) is 0 Å². The number of amides is 1. The van der Waals surface area contributed by atoms with Gasteiger partial charge in [0.05, 0.1) is 5.54 Å². The van der Waals surface area contributed by atoms with E-state index in [0.717, 1.165) is 50.6 Å². The molecule has 1 aliphatic carbocycles. The van der Waals surface area contributed by atoms with Gasteiger partial charge in [0, 0.05) is 19.1 Å². The number of hydrogen-bond acceptors (Lipinski definition) is 3. The molecule has 4 unspecified atom stereocenters. The van der Waals surface area contributed by atoms with Gasteiger partial charge in [0.15, 0.2) is 0 Å². The van der Waals surface area contributed by atoms with Gasteiger partial charge in [-0.1, -0.05) is 13.8 Å². The molecule has 4 heteroatoms. The van der Waals surface area contributed by atoms with Crippen molar-refractivity contribution >= 4 is 5.91 Å². The van der Waals surface area contributed by atoms with E-state index in [1.54, 1.807) is 0 Å². The second-order valence-corrected chi connectivity index (χ2v) is 6.18. The van der Waals surface area contributed by atoms with Gasteiger partial charge in [0.25, 0.3) is 0 Å². The summed E-state index contributed by atoms with van der Waals surface area (Å²) in [6.45, 7) is 6.88. The second kappa shape index (κ2) is 4.58. The topological polar surface area (TPSA) is 72.3 Å². The van der Waals surface area contributed by atoms with Gasteiger partial charge in [0.2, 0.25) is 5.91 Å². The number of likely N-dealkylation sites (tertiary alicyclic amines) is 1. The van der Waals surface area contributed by atoms with Crippen LogP contribution in [0.5, 0.6) is 0 Å². The molecule has 2 rings (SSSR count). The first-order valence-electron chi connectivity index (χ1n) is 6.75. The fourth-order valence-corrected chi connectivity index (χ4v) is 3.29. The van der Waals surface area contributed by atoms with Crippen LogP contribution in [-0.2, 0) is 4.79 Å². The monoisotopic (exact) mass is 239 g/mol. The van der Waals surface area contributed by atoms with Crippen LogP contribution < -0.4 is 11.5 Å². The van der Waals surface area contributed by atoms with Crippen molar-refractivity contribution in [1.82, 2.24) is 4.90 Å². The van der Waals surface area contributed by atoms with Crippen molar-refractivity contribution in [3.8, 4) is 0 Å². The summed E-state index contributed by atoms with van der Waals surface area (Å²) in [4.78, 5) is 14.0. The number of nitrogens with zero attached hydrogens (tertiary/aromatic N) is 1. The molecule has 0 aromatic rings. The summed E-state index contributed by atoms with van der Waals surface area (Å²) in [6.07, 6.45) is 3.66. The molecule has 0 spiro atoms. The Morgan fingerprint density at radius 1 is 1.29 bits per heavy atom. The molecule has 98 valence electrons. The summed E-state index contributed by atoms with van der Waals surface area (Å²) in [6, 6.07) is 0.452. The standard InChI is InChI=1S/C13H25N3O/c1-9-7-16(8-10(9)2)11-4-3-5-13(15,6-11)12(14)17/h9-11H,3-8,15H2,1-2H3,(H2,14,17). The van der Waals surface area contributed by atoms with Crippen LogP contribution in [0.4, 0.5) is 0 Å². The van der Waals surface area contributed by atoms with E-state index >= 15 is 0 Å². The van der Waals surface area contributed by atoms with E-state index in [9.17, 15) is 4.79 Å². The lowest BCUT2D eigenvalue weighted by atomic mass is 9.78. The van der Waals surface area contributed by atoms with Crippen molar-refractivity contribution in [2.45, 2.75) is 51.1 Å². The summed E-state index contributed by atoms with van der Waals surface area (Å²) >= 11 is 0. The first-order chi connectivity index (χ1) is 7.92. The third-order valence-corrected chi connectivity index (χ3v) is 4.78. The molecular formula is C13H25N3O. The maximum Gasteiger partial charge on any atom is 0.237 e. The predicted molar refractivity (Wildman–Crippen MR) is 68.3 cm³/mol. The Labute approximate surface area is 104 Å². The zero-order chi connectivity index (χ0) is 12.6. The Kier molecular flexibility index (Phi) is 3.46. The number of primary amides is 1. The Morgan fingerprint density at radius 3 is 2.41 bits per heavy atom. The van der Waals surface area contributed by atoms with E-state index in [4.69, 9.17) is 11.5 Å². The zero-order valence-electron chi connectivity index (χ0n) is 11.0. The smallest absolute Gasteiger partial charge is 0.237 e. The molecule has 1 aliphatic heterocycles. The Hall–Kier alpha value is -0.610. The lowest BCUT2D eigenvalue weighted by Crippen LogP contribution is -2.58. The highest BCUT2D eigenvalue weighted by atomic mass is 16.1. The molecule has 4 N–H and O–H groups in total. The van der Waals surface area contributed by atoms with E-state index in [1.165, 1.54) is 0 Å². The van der Waals surface area contributed by atoms with Gasteiger partial charge < -0.3 is 11.5 Å². The molecule has 1 amide bonds. The van der Waals surface area contributed by atoms with Crippen LogP contribution in [0, 0.1) is 11.8 Å². The van der Waals surface area contributed by atoms with Gasteiger partial charge in [-0.3, -0.25) is 9.69 Å². The second-order valence-electron chi connectivity index (χ2n) is 6.18. The minimum absolute atomic E-state index is 0.331. The van der Waals surface area contributed by atoms with Crippen molar-refractivity contribution in [1.29, 1.82) is 0 Å². The van der Waals surface area contributed by atoms with Crippen molar-refractivity contribution in [3.63, 3.8) is 0 Å². The molecular weight excluding hydrogens is 214 g/mol. The highest BCUT2D eigenvalue weighted by molar-refractivity contribution is 5.84. The van der Waals surface area contributed by atoms with Crippen LogP contribution in [0.1, 0.15) is 39.5 Å². The minimum Gasteiger partial charge on any atom is -0.368 e. The number of carbonyl (C=O) groups excluding carboxylic acids is 1. The van der Waals surface area contributed by atoms with Gasteiger partial charge >= 0.3 is 0 Å². The average molecular weight is 239 g/mol. The largest absolute Gasteiger partial charge is 0.368 e. The highest BCUT2D eigenvalue weighted by Gasteiger charge is 2.41. The lowest BCUT2D eigenvalue weighted by Gasteiger charge is -2.39. The van der Waals surface area contributed by atoms with E-state index in [0.29, 0.717) is 6.04 Å². The average Bonchev–Trinajstić information content (AvgIpc) is 2.59. The summed E-state index contributed by atoms with van der Waals surface area (Å²) in [5.74, 6) is 1.16. The van der Waals surface area contributed by atoms with Crippen LogP contribution in [0.25, 0.3) is 0 Å². The van der Waals surface area contributed by atoms with Crippen LogP contribution in [0.2, 0.25) is 0 Å². The Balaban J connectivity index is 2.01. The fourth-order valence-electron chi connectivity index (χ4n) is 3.29. The maximum atomic E-state index is 11.4. The zero-order valence-corrected chi connectivity index (χ0v) is 11.0. The molecule has 0 aromatic carbocycles.